The highest BCUT2D eigenvalue weighted by Gasteiger charge is 2.71. The van der Waals surface area contributed by atoms with Crippen LogP contribution in [0.3, 0.4) is 0 Å². The van der Waals surface area contributed by atoms with E-state index in [1.165, 1.54) is 48.6 Å². The fourth-order valence-electron chi connectivity index (χ4n) is 12.1. The lowest BCUT2D eigenvalue weighted by Crippen LogP contribution is -2.66. The summed E-state index contributed by atoms with van der Waals surface area (Å²) >= 11 is 0. The maximum absolute atomic E-state index is 12.8. The molecule has 10 atom stereocenters. The van der Waals surface area contributed by atoms with Crippen LogP contribution in [0.5, 0.6) is 0 Å². The zero-order valence-corrected chi connectivity index (χ0v) is 25.2. The standard InChI is InChI=1S/C33H51N3O3/c1-21(2)22-10-15-33(20-39-28(38)36-19-18-34-35-36)17-16-31(6)23(27(22)33)8-9-25-30(5)13-12-26(37)29(3,4)24(30)11-14-32(25,31)7/h18-19,22-27,37H,1,8-17,20H2,2-7H3/t22-,23+,24-,25+,26-,27+,30-,31+,32+,33+/m0/s1. The van der Waals surface area contributed by atoms with E-state index in [0.29, 0.717) is 36.2 Å². The molecule has 1 aromatic rings. The minimum atomic E-state index is -0.420. The van der Waals surface area contributed by atoms with Gasteiger partial charge in [0.2, 0.25) is 0 Å². The number of fused-ring (bicyclic) bond motifs is 7. The van der Waals surface area contributed by atoms with E-state index in [9.17, 15) is 9.90 Å². The van der Waals surface area contributed by atoms with E-state index in [2.05, 4.69) is 58.4 Å². The van der Waals surface area contributed by atoms with Crippen molar-refractivity contribution in [3.05, 3.63) is 24.5 Å². The van der Waals surface area contributed by atoms with E-state index in [1.807, 2.05) is 0 Å². The molecule has 5 fully saturated rings. The molecule has 6 rings (SSSR count). The molecule has 6 heteroatoms. The number of hydrogen-bond acceptors (Lipinski definition) is 5. The summed E-state index contributed by atoms with van der Waals surface area (Å²) in [5, 5.41) is 18.6. The second kappa shape index (κ2) is 8.90. The van der Waals surface area contributed by atoms with Crippen LogP contribution in [0.25, 0.3) is 0 Å². The number of aromatic nitrogens is 3. The molecule has 0 spiro atoms. The predicted octanol–water partition coefficient (Wildman–Crippen LogP) is 7.28. The van der Waals surface area contributed by atoms with Gasteiger partial charge in [0.05, 0.1) is 25.1 Å². The van der Waals surface area contributed by atoms with Gasteiger partial charge < -0.3 is 9.84 Å². The number of carbonyl (C=O) groups excluding carboxylic acids is 1. The van der Waals surface area contributed by atoms with Gasteiger partial charge in [-0.05, 0) is 122 Å². The van der Waals surface area contributed by atoms with Crippen LogP contribution in [0, 0.1) is 56.7 Å². The Hall–Kier alpha value is -1.69. The molecule has 6 nitrogen and oxygen atoms in total. The van der Waals surface area contributed by atoms with Gasteiger partial charge in [-0.25, -0.2) is 4.79 Å². The Bertz CT molecular complexity index is 1130. The number of allylic oxidation sites excluding steroid dienone is 1. The van der Waals surface area contributed by atoms with Gasteiger partial charge in [-0.3, -0.25) is 0 Å². The molecule has 0 bridgehead atoms. The first-order chi connectivity index (χ1) is 18.3. The first-order valence-electron chi connectivity index (χ1n) is 15.7. The van der Waals surface area contributed by atoms with Gasteiger partial charge in [0.15, 0.2) is 0 Å². The molecule has 5 saturated carbocycles. The Morgan fingerprint density at radius 2 is 1.74 bits per heavy atom. The van der Waals surface area contributed by atoms with Crippen LogP contribution < -0.4 is 0 Å². The fourth-order valence-corrected chi connectivity index (χ4v) is 12.1. The number of aliphatic hydroxyl groups excluding tert-OH is 1. The topological polar surface area (TPSA) is 77.2 Å². The second-order valence-corrected chi connectivity index (χ2v) is 15.8. The molecule has 0 amide bonds. The molecule has 0 unspecified atom stereocenters. The molecule has 5 aliphatic rings. The van der Waals surface area contributed by atoms with Crippen LogP contribution in [-0.2, 0) is 4.74 Å². The number of carbonyl (C=O) groups is 1. The molecule has 1 heterocycles. The largest absolute Gasteiger partial charge is 0.447 e. The van der Waals surface area contributed by atoms with Crippen molar-refractivity contribution >= 4 is 6.09 Å². The van der Waals surface area contributed by atoms with Gasteiger partial charge in [0.1, 0.15) is 0 Å². The lowest BCUT2D eigenvalue weighted by atomic mass is 9.32. The lowest BCUT2D eigenvalue weighted by molar-refractivity contribution is -0.249. The Balaban J connectivity index is 1.33. The van der Waals surface area contributed by atoms with Crippen LogP contribution in [0.4, 0.5) is 4.79 Å². The van der Waals surface area contributed by atoms with E-state index in [0.717, 1.165) is 32.1 Å². The molecule has 5 aliphatic carbocycles. The summed E-state index contributed by atoms with van der Waals surface area (Å²) in [6.45, 7) is 19.8. The van der Waals surface area contributed by atoms with E-state index >= 15 is 0 Å². The summed E-state index contributed by atoms with van der Waals surface area (Å²) in [7, 11) is 0. The lowest BCUT2D eigenvalue weighted by Gasteiger charge is -2.73. The normalized spacial score (nSPS) is 48.3. The third-order valence-electron chi connectivity index (χ3n) is 14.3. The molecule has 39 heavy (non-hydrogen) atoms. The molecule has 0 aliphatic heterocycles. The molecule has 0 aromatic carbocycles. The summed E-state index contributed by atoms with van der Waals surface area (Å²) in [5.74, 6) is 2.89. The van der Waals surface area contributed by atoms with Crippen LogP contribution in [0.15, 0.2) is 24.5 Å². The van der Waals surface area contributed by atoms with Gasteiger partial charge in [-0.2, -0.15) is 4.68 Å². The van der Waals surface area contributed by atoms with Gasteiger partial charge in [-0.1, -0.05) is 52.0 Å². The van der Waals surface area contributed by atoms with Crippen molar-refractivity contribution in [1.29, 1.82) is 0 Å². The highest BCUT2D eigenvalue weighted by molar-refractivity contribution is 5.68. The number of hydrogen-bond donors (Lipinski definition) is 1. The van der Waals surface area contributed by atoms with Crippen molar-refractivity contribution in [2.45, 2.75) is 112 Å². The Labute approximate surface area is 235 Å². The minimum absolute atomic E-state index is 0.0156. The number of rotatable bonds is 3. The van der Waals surface area contributed by atoms with E-state index in [-0.39, 0.29) is 33.2 Å². The summed E-state index contributed by atoms with van der Waals surface area (Å²) in [4.78, 5) is 12.8. The van der Waals surface area contributed by atoms with Crippen LogP contribution in [0.2, 0.25) is 0 Å². The van der Waals surface area contributed by atoms with E-state index < -0.39 is 6.09 Å². The van der Waals surface area contributed by atoms with Crippen molar-refractivity contribution in [3.8, 4) is 0 Å². The fraction of sp³-hybridized carbons (Fsp3) is 0.848. The van der Waals surface area contributed by atoms with Crippen molar-refractivity contribution in [1.82, 2.24) is 15.0 Å². The number of aliphatic hydroxyl groups is 1. The van der Waals surface area contributed by atoms with Crippen LogP contribution >= 0.6 is 0 Å². The van der Waals surface area contributed by atoms with E-state index in [1.54, 1.807) is 6.20 Å². The summed E-state index contributed by atoms with van der Waals surface area (Å²) in [5.41, 5.74) is 2.13. The van der Waals surface area contributed by atoms with Gasteiger partial charge >= 0.3 is 6.09 Å². The quantitative estimate of drug-likeness (QED) is 0.410. The van der Waals surface area contributed by atoms with Gasteiger partial charge in [-0.15, -0.1) is 5.10 Å². The molecular formula is C33H51N3O3. The average molecular weight is 538 g/mol. The Morgan fingerprint density at radius 1 is 0.974 bits per heavy atom. The first kappa shape index (κ1) is 27.5. The molecule has 1 N–H and O–H groups in total. The second-order valence-electron chi connectivity index (χ2n) is 15.8. The van der Waals surface area contributed by atoms with Crippen molar-refractivity contribution in [2.24, 2.45) is 56.7 Å². The zero-order chi connectivity index (χ0) is 28.0. The number of nitrogens with zero attached hydrogens (tertiary/aromatic N) is 3. The van der Waals surface area contributed by atoms with Crippen molar-refractivity contribution < 1.29 is 14.6 Å². The van der Waals surface area contributed by atoms with Crippen LogP contribution in [0.1, 0.15) is 106 Å². The highest BCUT2D eigenvalue weighted by Crippen LogP contribution is 2.77. The third kappa shape index (κ3) is 3.64. The molecule has 216 valence electrons. The molecular weight excluding hydrogens is 486 g/mol. The first-order valence-corrected chi connectivity index (χ1v) is 15.7. The van der Waals surface area contributed by atoms with Crippen molar-refractivity contribution in [3.63, 3.8) is 0 Å². The number of ether oxygens (including phenoxy) is 1. The smallest absolute Gasteiger partial charge is 0.436 e. The highest BCUT2D eigenvalue weighted by atomic mass is 16.6. The third-order valence-corrected chi connectivity index (χ3v) is 14.3. The minimum Gasteiger partial charge on any atom is -0.447 e. The molecule has 0 radical (unpaired) electrons. The van der Waals surface area contributed by atoms with E-state index in [4.69, 9.17) is 4.74 Å². The molecule has 0 saturated heterocycles. The Kier molecular flexibility index (Phi) is 6.27. The monoisotopic (exact) mass is 537 g/mol. The molecule has 1 aromatic heterocycles. The maximum atomic E-state index is 12.8. The maximum Gasteiger partial charge on any atom is 0.436 e. The summed E-state index contributed by atoms with van der Waals surface area (Å²) in [6.07, 6.45) is 14.2. The Morgan fingerprint density at radius 3 is 2.44 bits per heavy atom. The van der Waals surface area contributed by atoms with Gasteiger partial charge in [0, 0.05) is 5.41 Å². The zero-order valence-electron chi connectivity index (χ0n) is 25.2. The van der Waals surface area contributed by atoms with Crippen LogP contribution in [-0.4, -0.2) is 38.9 Å². The summed E-state index contributed by atoms with van der Waals surface area (Å²) in [6, 6.07) is 0. The van der Waals surface area contributed by atoms with Crippen molar-refractivity contribution in [2.75, 3.05) is 6.61 Å². The van der Waals surface area contributed by atoms with Gasteiger partial charge in [0.25, 0.3) is 0 Å². The average Bonchev–Trinajstić information content (AvgIpc) is 3.55. The summed E-state index contributed by atoms with van der Waals surface area (Å²) < 4.78 is 7.20. The SMILES string of the molecule is C=C(C)[C@@H]1CC[C@]2(COC(=O)n3ccnn3)CC[C@]3(C)[C@H](CC[C@@H]4[C@@]5(C)CC[C@H](O)C(C)(C)[C@@H]5CC[C@]43C)[C@@H]12. The predicted molar refractivity (Wildman–Crippen MR) is 152 cm³/mol.